The summed E-state index contributed by atoms with van der Waals surface area (Å²) >= 11 is 0. The summed E-state index contributed by atoms with van der Waals surface area (Å²) in [4.78, 5) is 11.8. The van der Waals surface area contributed by atoms with E-state index in [1.807, 2.05) is 6.07 Å². The number of nitrogen functional groups attached to an aromatic ring is 1. The van der Waals surface area contributed by atoms with Gasteiger partial charge in [0.15, 0.2) is 6.61 Å². The number of ether oxygens (including phenoxy) is 1. The highest BCUT2D eigenvalue weighted by Crippen LogP contribution is 2.34. The first-order valence-corrected chi connectivity index (χ1v) is 6.43. The largest absolute Gasteiger partial charge is 0.484 e. The fourth-order valence-electron chi connectivity index (χ4n) is 2.26. The highest BCUT2D eigenvalue weighted by molar-refractivity contribution is 5.78. The Hall–Kier alpha value is -1.71. The van der Waals surface area contributed by atoms with E-state index in [0.29, 0.717) is 11.4 Å². The Balaban J connectivity index is 1.81. The predicted molar refractivity (Wildman–Crippen MR) is 71.4 cm³/mol. The van der Waals surface area contributed by atoms with E-state index in [-0.39, 0.29) is 18.1 Å². The van der Waals surface area contributed by atoms with Crippen molar-refractivity contribution < 1.29 is 9.53 Å². The van der Waals surface area contributed by atoms with Gasteiger partial charge < -0.3 is 15.8 Å². The molecule has 0 atom stereocenters. The SMILES string of the molecule is CCC1(NC(=O)COc2cccc(N)c2)CCC1. The second kappa shape index (κ2) is 5.29. The Labute approximate surface area is 108 Å². The number of hydrogen-bond acceptors (Lipinski definition) is 3. The van der Waals surface area contributed by atoms with Gasteiger partial charge >= 0.3 is 0 Å². The van der Waals surface area contributed by atoms with Crippen molar-refractivity contribution in [1.29, 1.82) is 0 Å². The molecule has 0 saturated heterocycles. The lowest BCUT2D eigenvalue weighted by molar-refractivity contribution is -0.126. The van der Waals surface area contributed by atoms with Gasteiger partial charge in [0.25, 0.3) is 5.91 Å². The molecular weight excluding hydrogens is 228 g/mol. The quantitative estimate of drug-likeness (QED) is 0.784. The van der Waals surface area contributed by atoms with Crippen LogP contribution in [0.4, 0.5) is 5.69 Å². The molecule has 1 fully saturated rings. The van der Waals surface area contributed by atoms with E-state index >= 15 is 0 Å². The molecule has 1 amide bonds. The third kappa shape index (κ3) is 2.94. The molecule has 4 heteroatoms. The van der Waals surface area contributed by atoms with Crippen LogP contribution in [0.15, 0.2) is 24.3 Å². The highest BCUT2D eigenvalue weighted by atomic mass is 16.5. The maximum atomic E-state index is 11.8. The average Bonchev–Trinajstić information content (AvgIpc) is 2.31. The molecule has 18 heavy (non-hydrogen) atoms. The first kappa shape index (κ1) is 12.7. The Morgan fingerprint density at radius 1 is 1.50 bits per heavy atom. The third-order valence-electron chi connectivity index (χ3n) is 3.62. The number of hydrogen-bond donors (Lipinski definition) is 2. The standard InChI is InChI=1S/C14H20N2O2/c1-2-14(7-4-8-14)16-13(17)10-18-12-6-3-5-11(15)9-12/h3,5-6,9H,2,4,7-8,10,15H2,1H3,(H,16,17). The monoisotopic (exact) mass is 248 g/mol. The Morgan fingerprint density at radius 3 is 2.83 bits per heavy atom. The molecule has 0 radical (unpaired) electrons. The van der Waals surface area contributed by atoms with E-state index in [1.165, 1.54) is 6.42 Å². The maximum Gasteiger partial charge on any atom is 0.258 e. The zero-order valence-electron chi connectivity index (χ0n) is 10.7. The predicted octanol–water partition coefficient (Wildman–Crippen LogP) is 2.10. The topological polar surface area (TPSA) is 64.3 Å². The van der Waals surface area contributed by atoms with E-state index < -0.39 is 0 Å². The van der Waals surface area contributed by atoms with Gasteiger partial charge in [0.2, 0.25) is 0 Å². The minimum atomic E-state index is -0.0565. The number of carbonyl (C=O) groups is 1. The zero-order valence-corrected chi connectivity index (χ0v) is 10.7. The van der Waals surface area contributed by atoms with Crippen molar-refractivity contribution in [3.63, 3.8) is 0 Å². The van der Waals surface area contributed by atoms with E-state index in [4.69, 9.17) is 10.5 Å². The molecule has 0 heterocycles. The van der Waals surface area contributed by atoms with Crippen molar-refractivity contribution in [3.05, 3.63) is 24.3 Å². The van der Waals surface area contributed by atoms with Crippen LogP contribution in [-0.2, 0) is 4.79 Å². The van der Waals surface area contributed by atoms with Gasteiger partial charge in [-0.1, -0.05) is 13.0 Å². The minimum absolute atomic E-state index is 0.0240. The molecule has 0 spiro atoms. The van der Waals surface area contributed by atoms with E-state index in [2.05, 4.69) is 12.2 Å². The fourth-order valence-corrected chi connectivity index (χ4v) is 2.26. The molecule has 0 aliphatic heterocycles. The van der Waals surface area contributed by atoms with Gasteiger partial charge in [-0.2, -0.15) is 0 Å². The first-order valence-electron chi connectivity index (χ1n) is 6.43. The molecule has 1 aromatic carbocycles. The normalized spacial score (nSPS) is 16.7. The van der Waals surface area contributed by atoms with Gasteiger partial charge in [-0.05, 0) is 37.8 Å². The summed E-state index contributed by atoms with van der Waals surface area (Å²) in [5.41, 5.74) is 6.30. The summed E-state index contributed by atoms with van der Waals surface area (Å²) in [5.74, 6) is 0.572. The first-order chi connectivity index (χ1) is 8.63. The number of rotatable bonds is 5. The van der Waals surface area contributed by atoms with Crippen LogP contribution in [0.5, 0.6) is 5.75 Å². The lowest BCUT2D eigenvalue weighted by Crippen LogP contribution is -2.54. The van der Waals surface area contributed by atoms with Gasteiger partial charge in [-0.15, -0.1) is 0 Å². The number of benzene rings is 1. The molecule has 0 unspecified atom stereocenters. The summed E-state index contributed by atoms with van der Waals surface area (Å²) in [5, 5.41) is 3.07. The van der Waals surface area contributed by atoms with Crippen molar-refractivity contribution in [2.24, 2.45) is 0 Å². The number of amides is 1. The smallest absolute Gasteiger partial charge is 0.258 e. The molecule has 0 aromatic heterocycles. The second-order valence-electron chi connectivity index (χ2n) is 4.90. The van der Waals surface area contributed by atoms with Crippen LogP contribution in [0.3, 0.4) is 0 Å². The van der Waals surface area contributed by atoms with Crippen molar-refractivity contribution >= 4 is 11.6 Å². The zero-order chi connectivity index (χ0) is 13.0. The van der Waals surface area contributed by atoms with Crippen LogP contribution in [-0.4, -0.2) is 18.1 Å². The molecule has 3 N–H and O–H groups in total. The number of anilines is 1. The number of carbonyl (C=O) groups excluding carboxylic acids is 1. The third-order valence-corrected chi connectivity index (χ3v) is 3.62. The molecule has 1 aliphatic rings. The average molecular weight is 248 g/mol. The minimum Gasteiger partial charge on any atom is -0.484 e. The second-order valence-corrected chi connectivity index (χ2v) is 4.90. The van der Waals surface area contributed by atoms with Crippen molar-refractivity contribution in [2.45, 2.75) is 38.1 Å². The van der Waals surface area contributed by atoms with Crippen LogP contribution in [0, 0.1) is 0 Å². The molecule has 1 saturated carbocycles. The van der Waals surface area contributed by atoms with Gasteiger partial charge in [-0.3, -0.25) is 4.79 Å². The fraction of sp³-hybridized carbons (Fsp3) is 0.500. The van der Waals surface area contributed by atoms with Gasteiger partial charge in [0.1, 0.15) is 5.75 Å². The van der Waals surface area contributed by atoms with Gasteiger partial charge in [0.05, 0.1) is 0 Å². The van der Waals surface area contributed by atoms with Crippen LogP contribution in [0.25, 0.3) is 0 Å². The van der Waals surface area contributed by atoms with E-state index in [9.17, 15) is 4.79 Å². The number of nitrogens with two attached hydrogens (primary N) is 1. The summed E-state index contributed by atoms with van der Waals surface area (Å²) < 4.78 is 5.42. The Morgan fingerprint density at radius 2 is 2.28 bits per heavy atom. The molecule has 2 rings (SSSR count). The molecule has 98 valence electrons. The molecule has 0 bridgehead atoms. The van der Waals surface area contributed by atoms with Gasteiger partial charge in [0, 0.05) is 17.3 Å². The summed E-state index contributed by atoms with van der Waals surface area (Å²) in [6.07, 6.45) is 4.34. The lowest BCUT2D eigenvalue weighted by Gasteiger charge is -2.41. The van der Waals surface area contributed by atoms with Crippen molar-refractivity contribution in [3.8, 4) is 5.75 Å². The van der Waals surface area contributed by atoms with Crippen molar-refractivity contribution in [1.82, 2.24) is 5.32 Å². The molecule has 1 aliphatic carbocycles. The highest BCUT2D eigenvalue weighted by Gasteiger charge is 2.36. The van der Waals surface area contributed by atoms with Gasteiger partial charge in [-0.25, -0.2) is 0 Å². The van der Waals surface area contributed by atoms with Crippen LogP contribution in [0.1, 0.15) is 32.6 Å². The Kier molecular flexibility index (Phi) is 3.75. The molecular formula is C14H20N2O2. The maximum absolute atomic E-state index is 11.8. The van der Waals surface area contributed by atoms with Crippen LogP contribution >= 0.6 is 0 Å². The van der Waals surface area contributed by atoms with Crippen LogP contribution in [0.2, 0.25) is 0 Å². The Bertz CT molecular complexity index is 422. The van der Waals surface area contributed by atoms with Crippen LogP contribution < -0.4 is 15.8 Å². The van der Waals surface area contributed by atoms with Crippen molar-refractivity contribution in [2.75, 3.05) is 12.3 Å². The summed E-state index contributed by atoms with van der Waals surface area (Å²) in [7, 11) is 0. The summed E-state index contributed by atoms with van der Waals surface area (Å²) in [6.45, 7) is 2.16. The van der Waals surface area contributed by atoms with E-state index in [0.717, 1.165) is 19.3 Å². The molecule has 1 aromatic rings. The van der Waals surface area contributed by atoms with E-state index in [1.54, 1.807) is 18.2 Å². The summed E-state index contributed by atoms with van der Waals surface area (Å²) in [6, 6.07) is 7.10. The molecule has 4 nitrogen and oxygen atoms in total. The lowest BCUT2D eigenvalue weighted by atomic mass is 9.75. The number of nitrogens with one attached hydrogen (secondary N) is 1.